The maximum atomic E-state index is 9.00. The normalized spacial score (nSPS) is 10.7. The summed E-state index contributed by atoms with van der Waals surface area (Å²) in [5.41, 5.74) is 9.68. The molecule has 0 atom stereocenters. The molecule has 1 aromatic heterocycles. The molecule has 0 unspecified atom stereocenters. The standard InChI is InChI=1S/C21H22N2O.C2H4O2/c1-21(2,3)17-10-8-15(9-11-17)19-13-12-18(24-19)14-4-6-16(7-5-14)20(22)23;1-2(3)4/h4-13H,1-3H3,(H3,22,23);1H3,(H,3,4). The molecular formula is C23H26N2O3. The molecule has 0 aliphatic heterocycles. The third kappa shape index (κ3) is 5.58. The van der Waals surface area contributed by atoms with Gasteiger partial charge in [0.05, 0.1) is 0 Å². The fourth-order valence-electron chi connectivity index (χ4n) is 2.60. The highest BCUT2D eigenvalue weighted by Gasteiger charge is 2.14. The molecule has 2 aromatic carbocycles. The van der Waals surface area contributed by atoms with Crippen molar-refractivity contribution < 1.29 is 14.3 Å². The first kappa shape index (κ1) is 21.0. The number of benzene rings is 2. The Morgan fingerprint density at radius 3 is 1.64 bits per heavy atom. The van der Waals surface area contributed by atoms with E-state index >= 15 is 0 Å². The number of hydrogen-bond donors (Lipinski definition) is 3. The minimum Gasteiger partial charge on any atom is -0.481 e. The summed E-state index contributed by atoms with van der Waals surface area (Å²) in [5.74, 6) is 0.890. The molecular weight excluding hydrogens is 352 g/mol. The van der Waals surface area contributed by atoms with Crippen LogP contribution in [0.25, 0.3) is 22.6 Å². The van der Waals surface area contributed by atoms with Crippen LogP contribution in [0.2, 0.25) is 0 Å². The quantitative estimate of drug-likeness (QED) is 0.426. The fourth-order valence-corrected chi connectivity index (χ4v) is 2.60. The number of hydrogen-bond acceptors (Lipinski definition) is 3. The van der Waals surface area contributed by atoms with E-state index in [9.17, 15) is 0 Å². The molecule has 1 heterocycles. The van der Waals surface area contributed by atoms with Crippen LogP contribution in [0.5, 0.6) is 0 Å². The maximum absolute atomic E-state index is 9.00. The third-order valence-corrected chi connectivity index (χ3v) is 4.12. The largest absolute Gasteiger partial charge is 0.481 e. The van der Waals surface area contributed by atoms with E-state index in [0.29, 0.717) is 5.56 Å². The highest BCUT2D eigenvalue weighted by Crippen LogP contribution is 2.30. The lowest BCUT2D eigenvalue weighted by atomic mass is 9.86. The van der Waals surface area contributed by atoms with E-state index in [1.165, 1.54) is 5.56 Å². The van der Waals surface area contributed by atoms with Crippen LogP contribution in [-0.4, -0.2) is 16.9 Å². The Labute approximate surface area is 165 Å². The molecule has 3 aromatic rings. The molecule has 28 heavy (non-hydrogen) atoms. The van der Waals surface area contributed by atoms with E-state index in [2.05, 4.69) is 45.0 Å². The number of carboxylic acids is 1. The third-order valence-electron chi connectivity index (χ3n) is 4.12. The van der Waals surface area contributed by atoms with E-state index in [1.807, 2.05) is 36.4 Å². The van der Waals surface area contributed by atoms with E-state index in [0.717, 1.165) is 29.6 Å². The number of nitrogen functional groups attached to an aromatic ring is 1. The predicted molar refractivity (Wildman–Crippen MR) is 113 cm³/mol. The summed E-state index contributed by atoms with van der Waals surface area (Å²) in [6.45, 7) is 7.70. The molecule has 0 saturated carbocycles. The van der Waals surface area contributed by atoms with E-state index in [-0.39, 0.29) is 11.3 Å². The predicted octanol–water partition coefficient (Wildman–Crippen LogP) is 5.29. The molecule has 146 valence electrons. The van der Waals surface area contributed by atoms with Crippen molar-refractivity contribution in [2.45, 2.75) is 33.1 Å². The fraction of sp³-hybridized carbons (Fsp3) is 0.217. The highest BCUT2D eigenvalue weighted by molar-refractivity contribution is 5.95. The number of carboxylic acid groups (broad SMARTS) is 1. The van der Waals surface area contributed by atoms with Gasteiger partial charge in [-0.1, -0.05) is 69.3 Å². The van der Waals surface area contributed by atoms with Crippen molar-refractivity contribution in [3.8, 4) is 22.6 Å². The molecule has 0 radical (unpaired) electrons. The second-order valence-electron chi connectivity index (χ2n) is 7.50. The Morgan fingerprint density at radius 2 is 1.29 bits per heavy atom. The lowest BCUT2D eigenvalue weighted by Gasteiger charge is -2.18. The van der Waals surface area contributed by atoms with Gasteiger partial charge < -0.3 is 15.3 Å². The van der Waals surface area contributed by atoms with Crippen LogP contribution in [0.1, 0.15) is 38.8 Å². The number of rotatable bonds is 3. The van der Waals surface area contributed by atoms with E-state index in [1.54, 1.807) is 0 Å². The molecule has 5 nitrogen and oxygen atoms in total. The van der Waals surface area contributed by atoms with Crippen LogP contribution >= 0.6 is 0 Å². The first-order valence-corrected chi connectivity index (χ1v) is 8.93. The second kappa shape index (κ2) is 8.57. The lowest BCUT2D eigenvalue weighted by molar-refractivity contribution is -0.134. The van der Waals surface area contributed by atoms with Crippen LogP contribution in [0.3, 0.4) is 0 Å². The molecule has 0 aliphatic carbocycles. The Balaban J connectivity index is 0.000000640. The van der Waals surface area contributed by atoms with Crippen molar-refractivity contribution in [1.29, 1.82) is 5.41 Å². The topological polar surface area (TPSA) is 100 Å². The van der Waals surface area contributed by atoms with Crippen molar-refractivity contribution in [2.75, 3.05) is 0 Å². The SMILES string of the molecule is CC(=O)O.CC(C)(C)c1ccc(-c2ccc(-c3ccc(C(=N)N)cc3)o2)cc1. The molecule has 0 fully saturated rings. The van der Waals surface area contributed by atoms with Gasteiger partial charge in [0, 0.05) is 23.6 Å². The van der Waals surface area contributed by atoms with Crippen molar-refractivity contribution in [1.82, 2.24) is 0 Å². The average molecular weight is 378 g/mol. The van der Waals surface area contributed by atoms with Crippen molar-refractivity contribution in [3.05, 3.63) is 71.8 Å². The van der Waals surface area contributed by atoms with Gasteiger partial charge in [-0.25, -0.2) is 0 Å². The summed E-state index contributed by atoms with van der Waals surface area (Å²) in [7, 11) is 0. The van der Waals surface area contributed by atoms with Crippen LogP contribution < -0.4 is 5.73 Å². The van der Waals surface area contributed by atoms with E-state index < -0.39 is 5.97 Å². The summed E-state index contributed by atoms with van der Waals surface area (Å²) in [5, 5.41) is 14.9. The molecule has 0 spiro atoms. The zero-order valence-electron chi connectivity index (χ0n) is 16.6. The van der Waals surface area contributed by atoms with Gasteiger partial charge in [0.2, 0.25) is 0 Å². The number of nitrogens with one attached hydrogen (secondary N) is 1. The molecule has 0 aliphatic rings. The molecule has 0 saturated heterocycles. The van der Waals surface area contributed by atoms with Crippen LogP contribution in [0, 0.1) is 5.41 Å². The minimum absolute atomic E-state index is 0.0700. The van der Waals surface area contributed by atoms with Gasteiger partial charge in [-0.15, -0.1) is 0 Å². The monoisotopic (exact) mass is 378 g/mol. The number of furan rings is 1. The van der Waals surface area contributed by atoms with Gasteiger partial charge in [-0.05, 0) is 23.1 Å². The zero-order valence-corrected chi connectivity index (χ0v) is 16.6. The molecule has 5 heteroatoms. The first-order chi connectivity index (χ1) is 13.1. The van der Waals surface area contributed by atoms with Crippen molar-refractivity contribution in [3.63, 3.8) is 0 Å². The van der Waals surface area contributed by atoms with Gasteiger partial charge in [0.25, 0.3) is 5.97 Å². The van der Waals surface area contributed by atoms with Crippen LogP contribution in [0.4, 0.5) is 0 Å². The first-order valence-electron chi connectivity index (χ1n) is 8.93. The number of nitrogens with two attached hydrogens (primary N) is 1. The Hall–Kier alpha value is -3.34. The van der Waals surface area contributed by atoms with Gasteiger partial charge in [-0.2, -0.15) is 0 Å². The lowest BCUT2D eigenvalue weighted by Crippen LogP contribution is -2.10. The second-order valence-corrected chi connectivity index (χ2v) is 7.50. The molecule has 4 N–H and O–H groups in total. The zero-order chi connectivity index (χ0) is 20.9. The Morgan fingerprint density at radius 1 is 0.893 bits per heavy atom. The number of amidine groups is 1. The number of carbonyl (C=O) groups is 1. The van der Waals surface area contributed by atoms with Gasteiger partial charge in [-0.3, -0.25) is 10.2 Å². The smallest absolute Gasteiger partial charge is 0.300 e. The summed E-state index contributed by atoms with van der Waals surface area (Å²) in [6, 6.07) is 20.0. The average Bonchev–Trinajstić information content (AvgIpc) is 3.11. The van der Waals surface area contributed by atoms with Crippen LogP contribution in [-0.2, 0) is 10.2 Å². The Kier molecular flexibility index (Phi) is 6.41. The van der Waals surface area contributed by atoms with Crippen molar-refractivity contribution >= 4 is 11.8 Å². The number of aliphatic carboxylic acids is 1. The maximum Gasteiger partial charge on any atom is 0.300 e. The summed E-state index contributed by atoms with van der Waals surface area (Å²) in [6.07, 6.45) is 0. The minimum atomic E-state index is -0.833. The molecule has 0 bridgehead atoms. The van der Waals surface area contributed by atoms with Gasteiger partial charge in [0.15, 0.2) is 0 Å². The van der Waals surface area contributed by atoms with Crippen LogP contribution in [0.15, 0.2) is 65.1 Å². The Bertz CT molecular complexity index is 943. The molecule has 3 rings (SSSR count). The van der Waals surface area contributed by atoms with E-state index in [4.69, 9.17) is 25.5 Å². The molecule has 0 amide bonds. The van der Waals surface area contributed by atoms with Gasteiger partial charge in [0.1, 0.15) is 17.4 Å². The summed E-state index contributed by atoms with van der Waals surface area (Å²) < 4.78 is 6.00. The van der Waals surface area contributed by atoms with Crippen molar-refractivity contribution in [2.24, 2.45) is 5.73 Å². The van der Waals surface area contributed by atoms with Gasteiger partial charge >= 0.3 is 0 Å². The highest BCUT2D eigenvalue weighted by atomic mass is 16.4. The summed E-state index contributed by atoms with van der Waals surface area (Å²) >= 11 is 0. The summed E-state index contributed by atoms with van der Waals surface area (Å²) in [4.78, 5) is 9.00.